The van der Waals surface area contributed by atoms with Gasteiger partial charge in [-0.2, -0.15) is 10.2 Å². The maximum Gasteiger partial charge on any atom is 0.274 e. The molecular weight excluding hydrogens is 388 g/mol. The Kier molecular flexibility index (Phi) is 4.90. The van der Waals surface area contributed by atoms with Crippen LogP contribution in [0, 0.1) is 5.92 Å². The summed E-state index contributed by atoms with van der Waals surface area (Å²) in [4.78, 5) is 24.7. The molecule has 0 spiro atoms. The molecule has 0 fully saturated rings. The second kappa shape index (κ2) is 7.54. The number of benzene rings is 1. The van der Waals surface area contributed by atoms with Crippen LogP contribution in [0.2, 0.25) is 0 Å². The molecule has 0 saturated carbocycles. The molecule has 0 radical (unpaired) electrons. The first-order valence-corrected chi connectivity index (χ1v) is 9.37. The number of carbonyl (C=O) groups is 2. The summed E-state index contributed by atoms with van der Waals surface area (Å²) in [5, 5.41) is 17.0. The Bertz CT molecular complexity index is 1130. The number of hydrogen-bond acceptors (Lipinski definition) is 6. The zero-order valence-electron chi connectivity index (χ0n) is 17.1. The fourth-order valence-electron chi connectivity index (χ4n) is 3.42. The molecule has 2 aromatic heterocycles. The molecule has 30 heavy (non-hydrogen) atoms. The van der Waals surface area contributed by atoms with Crippen LogP contribution < -0.4 is 20.1 Å². The summed E-state index contributed by atoms with van der Waals surface area (Å²) in [6.07, 6.45) is 0.500. The minimum Gasteiger partial charge on any atom is -0.497 e. The van der Waals surface area contributed by atoms with Crippen molar-refractivity contribution in [3.8, 4) is 22.8 Å². The van der Waals surface area contributed by atoms with Gasteiger partial charge in [-0.05, 0) is 30.7 Å². The predicted molar refractivity (Wildman–Crippen MR) is 110 cm³/mol. The van der Waals surface area contributed by atoms with Crippen molar-refractivity contribution in [2.24, 2.45) is 13.0 Å². The van der Waals surface area contributed by atoms with Crippen molar-refractivity contribution in [3.05, 3.63) is 35.5 Å². The standard InChI is InChI=1S/C20H22N6O4/c1-10-7-13-17(25-26(2)18(13)22-19(10)27)21-20(28)15-9-14(23-24-15)12-8-11(29-3)5-6-16(12)30-4/h5-6,8-10H,7H2,1-4H3,(H,22,27)(H,23,24)(H,21,25,28)/t10-/m0/s1. The number of rotatable bonds is 5. The highest BCUT2D eigenvalue weighted by molar-refractivity contribution is 6.04. The molecule has 1 atom stereocenters. The number of aromatic amines is 1. The Morgan fingerprint density at radius 2 is 2.07 bits per heavy atom. The number of nitrogens with one attached hydrogen (secondary N) is 3. The average Bonchev–Trinajstić information content (AvgIpc) is 3.34. The maximum atomic E-state index is 12.8. The molecule has 0 unspecified atom stereocenters. The van der Waals surface area contributed by atoms with E-state index in [2.05, 4.69) is 25.9 Å². The summed E-state index contributed by atoms with van der Waals surface area (Å²) in [5.74, 6) is 1.62. The van der Waals surface area contributed by atoms with Crippen molar-refractivity contribution in [1.82, 2.24) is 20.0 Å². The number of aryl methyl sites for hydroxylation is 1. The summed E-state index contributed by atoms with van der Waals surface area (Å²) in [6.45, 7) is 1.83. The molecule has 4 rings (SSSR count). The first-order valence-electron chi connectivity index (χ1n) is 9.37. The Morgan fingerprint density at radius 3 is 2.80 bits per heavy atom. The Labute approximate surface area is 172 Å². The fourth-order valence-corrected chi connectivity index (χ4v) is 3.42. The lowest BCUT2D eigenvalue weighted by Crippen LogP contribution is -2.28. The number of aromatic nitrogens is 4. The van der Waals surface area contributed by atoms with Gasteiger partial charge in [0.05, 0.1) is 19.9 Å². The topological polar surface area (TPSA) is 123 Å². The number of H-pyrrole nitrogens is 1. The van der Waals surface area contributed by atoms with Crippen molar-refractivity contribution < 1.29 is 19.1 Å². The van der Waals surface area contributed by atoms with Crippen molar-refractivity contribution in [1.29, 1.82) is 0 Å². The van der Waals surface area contributed by atoms with Crippen LogP contribution in [0.1, 0.15) is 23.0 Å². The smallest absolute Gasteiger partial charge is 0.274 e. The minimum atomic E-state index is -0.388. The van der Waals surface area contributed by atoms with Crippen molar-refractivity contribution >= 4 is 23.5 Å². The van der Waals surface area contributed by atoms with Gasteiger partial charge in [0.15, 0.2) is 5.82 Å². The van der Waals surface area contributed by atoms with Gasteiger partial charge in [-0.3, -0.25) is 19.4 Å². The van der Waals surface area contributed by atoms with Gasteiger partial charge in [-0.25, -0.2) is 0 Å². The van der Waals surface area contributed by atoms with Crippen molar-refractivity contribution in [2.75, 3.05) is 24.9 Å². The lowest BCUT2D eigenvalue weighted by atomic mass is 9.98. The number of carbonyl (C=O) groups excluding carboxylic acids is 2. The van der Waals surface area contributed by atoms with Gasteiger partial charge in [0.1, 0.15) is 23.0 Å². The average molecular weight is 410 g/mol. The Hall–Kier alpha value is -3.82. The molecule has 156 valence electrons. The molecule has 3 heterocycles. The number of methoxy groups -OCH3 is 2. The number of fused-ring (bicyclic) bond motifs is 1. The highest BCUT2D eigenvalue weighted by Crippen LogP contribution is 2.33. The Morgan fingerprint density at radius 1 is 1.27 bits per heavy atom. The molecule has 10 nitrogen and oxygen atoms in total. The third-order valence-electron chi connectivity index (χ3n) is 5.08. The zero-order valence-corrected chi connectivity index (χ0v) is 17.1. The number of hydrogen-bond donors (Lipinski definition) is 3. The largest absolute Gasteiger partial charge is 0.497 e. The normalized spacial score (nSPS) is 15.3. The van der Waals surface area contributed by atoms with Crippen LogP contribution >= 0.6 is 0 Å². The van der Waals surface area contributed by atoms with Gasteiger partial charge >= 0.3 is 0 Å². The van der Waals surface area contributed by atoms with E-state index in [0.29, 0.717) is 40.8 Å². The van der Waals surface area contributed by atoms with Crippen LogP contribution in [-0.2, 0) is 18.3 Å². The number of ether oxygens (including phenoxy) is 2. The molecule has 0 bridgehead atoms. The van der Waals surface area contributed by atoms with E-state index in [4.69, 9.17) is 9.47 Å². The molecule has 3 N–H and O–H groups in total. The fraction of sp³-hybridized carbons (Fsp3) is 0.300. The van der Waals surface area contributed by atoms with E-state index in [9.17, 15) is 9.59 Å². The molecule has 1 aromatic carbocycles. The zero-order chi connectivity index (χ0) is 21.4. The second-order valence-electron chi connectivity index (χ2n) is 7.08. The van der Waals surface area contributed by atoms with Gasteiger partial charge in [-0.15, -0.1) is 0 Å². The number of amides is 2. The van der Waals surface area contributed by atoms with Gasteiger partial charge in [0.2, 0.25) is 5.91 Å². The molecule has 1 aliphatic rings. The van der Waals surface area contributed by atoms with Crippen LogP contribution in [0.4, 0.5) is 11.6 Å². The van der Waals surface area contributed by atoms with E-state index in [1.54, 1.807) is 50.2 Å². The number of nitrogens with zero attached hydrogens (tertiary/aromatic N) is 3. The van der Waals surface area contributed by atoms with E-state index in [1.165, 1.54) is 0 Å². The Balaban J connectivity index is 1.60. The van der Waals surface area contributed by atoms with E-state index in [-0.39, 0.29) is 23.4 Å². The molecule has 2 amide bonds. The molecule has 1 aliphatic heterocycles. The molecule has 0 saturated heterocycles. The maximum absolute atomic E-state index is 12.8. The summed E-state index contributed by atoms with van der Waals surface area (Å²) < 4.78 is 12.2. The quantitative estimate of drug-likeness (QED) is 0.593. The van der Waals surface area contributed by atoms with Gasteiger partial charge in [0.25, 0.3) is 5.91 Å². The first kappa shape index (κ1) is 19.5. The molecule has 0 aliphatic carbocycles. The van der Waals surface area contributed by atoms with Gasteiger partial charge in [-0.1, -0.05) is 6.92 Å². The summed E-state index contributed by atoms with van der Waals surface area (Å²) in [5.41, 5.74) is 2.30. The third kappa shape index (κ3) is 3.36. The van der Waals surface area contributed by atoms with Crippen LogP contribution in [0.25, 0.3) is 11.3 Å². The molecule has 3 aromatic rings. The van der Waals surface area contributed by atoms with E-state index < -0.39 is 0 Å². The third-order valence-corrected chi connectivity index (χ3v) is 5.08. The predicted octanol–water partition coefficient (Wildman–Crippen LogP) is 2.21. The first-order chi connectivity index (χ1) is 14.4. The van der Waals surface area contributed by atoms with Gasteiger partial charge < -0.3 is 20.1 Å². The highest BCUT2D eigenvalue weighted by atomic mass is 16.5. The highest BCUT2D eigenvalue weighted by Gasteiger charge is 2.29. The van der Waals surface area contributed by atoms with Crippen molar-refractivity contribution in [3.63, 3.8) is 0 Å². The lowest BCUT2D eigenvalue weighted by molar-refractivity contribution is -0.119. The van der Waals surface area contributed by atoms with Crippen molar-refractivity contribution in [2.45, 2.75) is 13.3 Å². The molecule has 10 heteroatoms. The van der Waals surface area contributed by atoms with Crippen LogP contribution in [-0.4, -0.2) is 46.0 Å². The lowest BCUT2D eigenvalue weighted by Gasteiger charge is -2.19. The number of anilines is 2. The minimum absolute atomic E-state index is 0.0613. The second-order valence-corrected chi connectivity index (χ2v) is 7.08. The molecular formula is C20H22N6O4. The monoisotopic (exact) mass is 410 g/mol. The van der Waals surface area contributed by atoms with E-state index in [1.807, 2.05) is 6.92 Å². The summed E-state index contributed by atoms with van der Waals surface area (Å²) in [6, 6.07) is 6.98. The van der Waals surface area contributed by atoms with Gasteiger partial charge in [0, 0.05) is 24.1 Å². The van der Waals surface area contributed by atoms with Crippen LogP contribution in [0.15, 0.2) is 24.3 Å². The summed E-state index contributed by atoms with van der Waals surface area (Å²) in [7, 11) is 4.86. The van der Waals surface area contributed by atoms with E-state index >= 15 is 0 Å². The van der Waals surface area contributed by atoms with E-state index in [0.717, 1.165) is 5.56 Å². The van der Waals surface area contributed by atoms with Crippen LogP contribution in [0.3, 0.4) is 0 Å². The SMILES string of the molecule is COc1ccc(OC)c(-c2cc(C(=O)Nc3nn(C)c4c3C[C@H](C)C(=O)N4)[nH]n2)c1. The van der Waals surface area contributed by atoms with Crippen LogP contribution in [0.5, 0.6) is 11.5 Å². The summed E-state index contributed by atoms with van der Waals surface area (Å²) >= 11 is 0.